The van der Waals surface area contributed by atoms with Gasteiger partial charge in [0.1, 0.15) is 0 Å². The number of amides is 1. The van der Waals surface area contributed by atoms with Crippen molar-refractivity contribution in [2.75, 3.05) is 31.1 Å². The van der Waals surface area contributed by atoms with E-state index in [2.05, 4.69) is 13.6 Å². The first kappa shape index (κ1) is 15.7. The molecule has 6 nitrogen and oxygen atoms in total. The monoisotopic (exact) mass is 336 g/mol. The van der Waals surface area contributed by atoms with E-state index in [0.29, 0.717) is 26.2 Å². The van der Waals surface area contributed by atoms with Crippen LogP contribution in [0.1, 0.15) is 6.92 Å². The minimum atomic E-state index is -0.723. The maximum atomic E-state index is 13.6. The molecule has 2 heterocycles. The predicted octanol–water partition coefficient (Wildman–Crippen LogP) is 1.79. The summed E-state index contributed by atoms with van der Waals surface area (Å²) in [6.07, 6.45) is 1.01. The average molecular weight is 336 g/mol. The van der Waals surface area contributed by atoms with Crippen molar-refractivity contribution in [3.8, 4) is 5.75 Å². The molecule has 8 heteroatoms. The van der Waals surface area contributed by atoms with Crippen LogP contribution in [-0.4, -0.2) is 51.8 Å². The van der Waals surface area contributed by atoms with E-state index in [4.69, 9.17) is 4.74 Å². The molecule has 0 N–H and O–H groups in total. The summed E-state index contributed by atoms with van der Waals surface area (Å²) >= 11 is 1.17. The Hall–Kier alpha value is -2.22. The summed E-state index contributed by atoms with van der Waals surface area (Å²) in [5.74, 6) is 0.343. The molecule has 0 saturated carbocycles. The lowest BCUT2D eigenvalue weighted by molar-refractivity contribution is -0.138. The number of halogens is 1. The largest absolute Gasteiger partial charge is 0.478 e. The molecule has 122 valence electrons. The predicted molar refractivity (Wildman–Crippen MR) is 85.2 cm³/mol. The van der Waals surface area contributed by atoms with Gasteiger partial charge in [0, 0.05) is 26.2 Å². The number of hydrogen-bond donors (Lipinski definition) is 0. The molecular formula is C15H17FN4O2S. The average Bonchev–Trinajstić information content (AvgIpc) is 3.11. The normalized spacial score (nSPS) is 16.3. The topological polar surface area (TPSA) is 58.6 Å². The third-order valence-electron chi connectivity index (χ3n) is 3.75. The zero-order chi connectivity index (χ0) is 16.2. The Kier molecular flexibility index (Phi) is 4.71. The fraction of sp³-hybridized carbons (Fsp3) is 0.400. The number of rotatable bonds is 4. The third-order valence-corrected chi connectivity index (χ3v) is 4.22. The van der Waals surface area contributed by atoms with E-state index >= 15 is 0 Å². The smallest absolute Gasteiger partial charge is 0.263 e. The van der Waals surface area contributed by atoms with Gasteiger partial charge in [-0.05, 0) is 19.1 Å². The number of piperazine rings is 1. The third kappa shape index (κ3) is 3.58. The van der Waals surface area contributed by atoms with Crippen molar-refractivity contribution in [1.82, 2.24) is 13.6 Å². The molecule has 0 bridgehead atoms. The molecule has 1 aliphatic rings. The number of hydrogen-bond acceptors (Lipinski definition) is 6. The number of anilines is 1. The van der Waals surface area contributed by atoms with Gasteiger partial charge in [-0.2, -0.15) is 8.75 Å². The van der Waals surface area contributed by atoms with E-state index in [1.807, 2.05) is 0 Å². The van der Waals surface area contributed by atoms with Gasteiger partial charge >= 0.3 is 0 Å². The highest BCUT2D eigenvalue weighted by Gasteiger charge is 2.27. The van der Waals surface area contributed by atoms with Crippen molar-refractivity contribution >= 4 is 23.5 Å². The highest BCUT2D eigenvalue weighted by molar-refractivity contribution is 6.99. The zero-order valence-electron chi connectivity index (χ0n) is 12.7. The molecule has 1 aromatic carbocycles. The van der Waals surface area contributed by atoms with Crippen LogP contribution >= 0.6 is 11.7 Å². The molecule has 0 aliphatic carbocycles. The molecule has 1 atom stereocenters. The molecule has 0 spiro atoms. The lowest BCUT2D eigenvalue weighted by Crippen LogP contribution is -2.52. The van der Waals surface area contributed by atoms with Crippen molar-refractivity contribution < 1.29 is 13.9 Å². The summed E-state index contributed by atoms with van der Waals surface area (Å²) < 4.78 is 27.2. The van der Waals surface area contributed by atoms with Crippen molar-refractivity contribution in [3.05, 3.63) is 36.3 Å². The second-order valence-corrected chi connectivity index (χ2v) is 5.83. The van der Waals surface area contributed by atoms with Gasteiger partial charge in [-0.25, -0.2) is 4.39 Å². The van der Waals surface area contributed by atoms with Crippen LogP contribution in [0, 0.1) is 5.82 Å². The maximum Gasteiger partial charge on any atom is 0.263 e. The highest BCUT2D eigenvalue weighted by atomic mass is 32.1. The Morgan fingerprint density at radius 3 is 2.70 bits per heavy atom. The van der Waals surface area contributed by atoms with E-state index in [1.54, 1.807) is 30.2 Å². The van der Waals surface area contributed by atoms with Crippen molar-refractivity contribution in [2.45, 2.75) is 13.0 Å². The van der Waals surface area contributed by atoms with Crippen LogP contribution in [-0.2, 0) is 4.79 Å². The van der Waals surface area contributed by atoms with Gasteiger partial charge < -0.3 is 14.5 Å². The lowest BCUT2D eigenvalue weighted by Gasteiger charge is -2.35. The minimum Gasteiger partial charge on any atom is -0.478 e. The van der Waals surface area contributed by atoms with E-state index in [1.165, 1.54) is 23.9 Å². The summed E-state index contributed by atoms with van der Waals surface area (Å²) in [5.41, 5.74) is 0. The highest BCUT2D eigenvalue weighted by Crippen LogP contribution is 2.19. The number of carbonyl (C=O) groups excluding carboxylic acids is 1. The molecule has 1 aromatic heterocycles. The number of carbonyl (C=O) groups is 1. The molecule has 23 heavy (non-hydrogen) atoms. The Balaban J connectivity index is 1.55. The van der Waals surface area contributed by atoms with Crippen LogP contribution in [0.2, 0.25) is 0 Å². The van der Waals surface area contributed by atoms with Crippen molar-refractivity contribution in [1.29, 1.82) is 0 Å². The quantitative estimate of drug-likeness (QED) is 0.852. The van der Waals surface area contributed by atoms with E-state index in [-0.39, 0.29) is 11.7 Å². The van der Waals surface area contributed by atoms with Crippen LogP contribution in [0.4, 0.5) is 10.2 Å². The number of para-hydroxylation sites is 1. The molecule has 0 unspecified atom stereocenters. The van der Waals surface area contributed by atoms with Gasteiger partial charge in [-0.1, -0.05) is 12.1 Å². The molecule has 3 rings (SSSR count). The van der Waals surface area contributed by atoms with Gasteiger partial charge in [0.15, 0.2) is 23.5 Å². The van der Waals surface area contributed by atoms with Crippen molar-refractivity contribution in [3.63, 3.8) is 0 Å². The molecule has 2 aromatic rings. The summed E-state index contributed by atoms with van der Waals surface area (Å²) in [6.45, 7) is 4.21. The second kappa shape index (κ2) is 6.91. The Morgan fingerprint density at radius 1 is 1.30 bits per heavy atom. The zero-order valence-corrected chi connectivity index (χ0v) is 13.5. The summed E-state index contributed by atoms with van der Waals surface area (Å²) in [4.78, 5) is 16.3. The fourth-order valence-corrected chi connectivity index (χ4v) is 2.93. The fourth-order valence-electron chi connectivity index (χ4n) is 2.49. The molecule has 1 saturated heterocycles. The van der Waals surface area contributed by atoms with Crippen LogP contribution < -0.4 is 9.64 Å². The minimum absolute atomic E-state index is 0.0977. The van der Waals surface area contributed by atoms with Gasteiger partial charge in [-0.3, -0.25) is 4.79 Å². The standard InChI is InChI=1S/C15H17FN4O2S/c1-11(22-13-5-3-2-4-12(13)16)15(21)20-8-6-19(7-9-20)14-10-17-23-18-14/h2-5,10-11H,6-9H2,1H3/t11-/m1/s1. The number of benzene rings is 1. The molecular weight excluding hydrogens is 319 g/mol. The number of nitrogens with zero attached hydrogens (tertiary/aromatic N) is 4. The van der Waals surface area contributed by atoms with E-state index in [0.717, 1.165) is 5.82 Å². The Bertz CT molecular complexity index is 659. The van der Waals surface area contributed by atoms with Gasteiger partial charge in [0.25, 0.3) is 5.91 Å². The molecule has 1 amide bonds. The second-order valence-electron chi connectivity index (χ2n) is 5.27. The van der Waals surface area contributed by atoms with E-state index < -0.39 is 11.9 Å². The molecule has 0 radical (unpaired) electrons. The Labute approximate surface area is 137 Å². The van der Waals surface area contributed by atoms with Gasteiger partial charge in [-0.15, -0.1) is 0 Å². The summed E-state index contributed by atoms with van der Waals surface area (Å²) in [5, 5.41) is 0. The molecule has 1 fully saturated rings. The summed E-state index contributed by atoms with van der Waals surface area (Å²) in [7, 11) is 0. The first-order valence-electron chi connectivity index (χ1n) is 7.37. The summed E-state index contributed by atoms with van der Waals surface area (Å²) in [6, 6.07) is 6.09. The van der Waals surface area contributed by atoms with Crippen molar-refractivity contribution in [2.24, 2.45) is 0 Å². The SMILES string of the molecule is C[C@@H](Oc1ccccc1F)C(=O)N1CCN(c2cnsn2)CC1. The van der Waals surface area contributed by atoms with Crippen LogP contribution in [0.3, 0.4) is 0 Å². The first-order valence-corrected chi connectivity index (χ1v) is 8.10. The lowest BCUT2D eigenvalue weighted by atomic mass is 10.2. The molecule has 1 aliphatic heterocycles. The van der Waals surface area contributed by atoms with Crippen LogP contribution in [0.15, 0.2) is 30.5 Å². The van der Waals surface area contributed by atoms with Crippen LogP contribution in [0.25, 0.3) is 0 Å². The van der Waals surface area contributed by atoms with Gasteiger partial charge in [0.05, 0.1) is 17.9 Å². The number of aromatic nitrogens is 2. The maximum absolute atomic E-state index is 13.6. The van der Waals surface area contributed by atoms with Gasteiger partial charge in [0.2, 0.25) is 0 Å². The van der Waals surface area contributed by atoms with E-state index in [9.17, 15) is 9.18 Å². The number of ether oxygens (including phenoxy) is 1. The Morgan fingerprint density at radius 2 is 2.04 bits per heavy atom. The van der Waals surface area contributed by atoms with Crippen LogP contribution in [0.5, 0.6) is 5.75 Å². The first-order chi connectivity index (χ1) is 11.1.